The fraction of sp³-hybridized carbons (Fsp3) is 0.292. The largest absolute Gasteiger partial charge is 0.365 e. The van der Waals surface area contributed by atoms with Crippen molar-refractivity contribution in [1.29, 1.82) is 0 Å². The van der Waals surface area contributed by atoms with Crippen molar-refractivity contribution in [3.63, 3.8) is 0 Å². The molecular weight excluding hydrogens is 376 g/mol. The summed E-state index contributed by atoms with van der Waals surface area (Å²) in [5.41, 5.74) is 3.12. The van der Waals surface area contributed by atoms with Gasteiger partial charge in [0.05, 0.1) is 5.69 Å². The molecule has 1 saturated carbocycles. The Labute approximate surface area is 176 Å². The summed E-state index contributed by atoms with van der Waals surface area (Å²) in [5, 5.41) is 6.18. The summed E-state index contributed by atoms with van der Waals surface area (Å²) in [6.45, 7) is 4.63. The Bertz CT molecular complexity index is 1100. The monoisotopic (exact) mass is 402 g/mol. The number of benzene rings is 2. The average molecular weight is 402 g/mol. The van der Waals surface area contributed by atoms with E-state index in [9.17, 15) is 9.59 Å². The van der Waals surface area contributed by atoms with Crippen LogP contribution in [0.3, 0.4) is 0 Å². The molecule has 30 heavy (non-hydrogen) atoms. The molecule has 0 saturated heterocycles. The van der Waals surface area contributed by atoms with Gasteiger partial charge in [-0.2, -0.15) is 0 Å². The number of hydrogen-bond donors (Lipinski definition) is 2. The number of aryl methyl sites for hydroxylation is 1. The zero-order valence-electron chi connectivity index (χ0n) is 17.3. The Balaban J connectivity index is 1.56. The third-order valence-corrected chi connectivity index (χ3v) is 5.43. The molecule has 0 spiro atoms. The maximum absolute atomic E-state index is 13.1. The van der Waals surface area contributed by atoms with Crippen LogP contribution in [0.25, 0.3) is 5.69 Å². The first-order valence-electron chi connectivity index (χ1n) is 10.3. The van der Waals surface area contributed by atoms with Crippen molar-refractivity contribution in [1.82, 2.24) is 14.9 Å². The number of hydrogen-bond acceptors (Lipinski definition) is 4. The molecule has 154 valence electrons. The molecule has 0 unspecified atom stereocenters. The number of carbonyl (C=O) groups excluding carboxylic acids is 1. The number of nitrogens with one attached hydrogen (secondary N) is 2. The standard InChI is InChI=1S/C24H26N4O2/c1-16-8-9-19(23(29)27-20-10-11-20)14-21(16)28-13-12-25-22(24(28)30)26-15-17(2)18-6-4-3-5-7-18/h3-9,12-14,17,20H,10-11,15H2,1-2H3,(H,25,26)(H,27,29)/t17-/m0/s1. The third-order valence-electron chi connectivity index (χ3n) is 5.43. The van der Waals surface area contributed by atoms with Gasteiger partial charge in [0.25, 0.3) is 11.5 Å². The van der Waals surface area contributed by atoms with E-state index in [2.05, 4.69) is 34.7 Å². The Morgan fingerprint density at radius 3 is 2.70 bits per heavy atom. The van der Waals surface area contributed by atoms with E-state index >= 15 is 0 Å². The van der Waals surface area contributed by atoms with Gasteiger partial charge >= 0.3 is 0 Å². The molecule has 2 N–H and O–H groups in total. The van der Waals surface area contributed by atoms with Crippen LogP contribution in [0.5, 0.6) is 0 Å². The molecule has 1 amide bonds. The Morgan fingerprint density at radius 1 is 1.20 bits per heavy atom. The minimum atomic E-state index is -0.236. The molecule has 6 nitrogen and oxygen atoms in total. The maximum Gasteiger partial charge on any atom is 0.297 e. The lowest BCUT2D eigenvalue weighted by molar-refractivity contribution is 0.0951. The van der Waals surface area contributed by atoms with Crippen LogP contribution >= 0.6 is 0 Å². The van der Waals surface area contributed by atoms with E-state index in [0.29, 0.717) is 23.6 Å². The average Bonchev–Trinajstić information content (AvgIpc) is 3.58. The number of carbonyl (C=O) groups is 1. The first-order chi connectivity index (χ1) is 14.5. The summed E-state index contributed by atoms with van der Waals surface area (Å²) in [4.78, 5) is 29.7. The second-order valence-corrected chi connectivity index (χ2v) is 7.89. The van der Waals surface area contributed by atoms with Gasteiger partial charge in [-0.1, -0.05) is 43.3 Å². The highest BCUT2D eigenvalue weighted by Gasteiger charge is 2.24. The van der Waals surface area contributed by atoms with Gasteiger partial charge in [0.15, 0.2) is 5.82 Å². The van der Waals surface area contributed by atoms with E-state index in [0.717, 1.165) is 18.4 Å². The fourth-order valence-corrected chi connectivity index (χ4v) is 3.38. The summed E-state index contributed by atoms with van der Waals surface area (Å²) in [6.07, 6.45) is 5.31. The summed E-state index contributed by atoms with van der Waals surface area (Å²) >= 11 is 0. The van der Waals surface area contributed by atoms with E-state index in [1.165, 1.54) is 5.56 Å². The normalized spacial score (nSPS) is 14.2. The van der Waals surface area contributed by atoms with Crippen LogP contribution in [0.1, 0.15) is 47.2 Å². The van der Waals surface area contributed by atoms with Crippen LogP contribution in [0.15, 0.2) is 65.7 Å². The number of rotatable bonds is 7. The molecule has 0 radical (unpaired) electrons. The Kier molecular flexibility index (Phi) is 5.65. The van der Waals surface area contributed by atoms with Crippen LogP contribution in [-0.2, 0) is 0 Å². The zero-order valence-corrected chi connectivity index (χ0v) is 17.3. The Morgan fingerprint density at radius 2 is 1.97 bits per heavy atom. The molecule has 0 bridgehead atoms. The van der Waals surface area contributed by atoms with Crippen molar-refractivity contribution in [3.8, 4) is 5.69 Å². The minimum Gasteiger partial charge on any atom is -0.365 e. The molecule has 1 fully saturated rings. The smallest absolute Gasteiger partial charge is 0.297 e. The zero-order chi connectivity index (χ0) is 21.1. The lowest BCUT2D eigenvalue weighted by Gasteiger charge is -2.15. The highest BCUT2D eigenvalue weighted by molar-refractivity contribution is 5.95. The lowest BCUT2D eigenvalue weighted by Crippen LogP contribution is -2.27. The van der Waals surface area contributed by atoms with Gasteiger partial charge in [-0.15, -0.1) is 0 Å². The van der Waals surface area contributed by atoms with Crippen LogP contribution in [0, 0.1) is 6.92 Å². The number of aromatic nitrogens is 2. The molecule has 4 rings (SSSR count). The topological polar surface area (TPSA) is 76.0 Å². The van der Waals surface area contributed by atoms with E-state index < -0.39 is 0 Å². The van der Waals surface area contributed by atoms with Gasteiger partial charge < -0.3 is 10.6 Å². The first kappa shape index (κ1) is 19.9. The Hall–Kier alpha value is -3.41. The lowest BCUT2D eigenvalue weighted by atomic mass is 10.0. The third kappa shape index (κ3) is 4.43. The number of amides is 1. The van der Waals surface area contributed by atoms with Gasteiger partial charge in [0.2, 0.25) is 0 Å². The van der Waals surface area contributed by atoms with Gasteiger partial charge in [-0.05, 0) is 48.9 Å². The second-order valence-electron chi connectivity index (χ2n) is 7.89. The molecular formula is C24H26N4O2. The highest BCUT2D eigenvalue weighted by Crippen LogP contribution is 2.21. The van der Waals surface area contributed by atoms with Gasteiger partial charge in [-0.25, -0.2) is 4.98 Å². The molecule has 1 aliphatic rings. The molecule has 1 aromatic heterocycles. The molecule has 1 atom stereocenters. The van der Waals surface area contributed by atoms with Gasteiger partial charge in [0.1, 0.15) is 0 Å². The molecule has 3 aromatic rings. The van der Waals surface area contributed by atoms with Crippen molar-refractivity contribution >= 4 is 11.7 Å². The van der Waals surface area contributed by atoms with Crippen LogP contribution in [-0.4, -0.2) is 28.0 Å². The maximum atomic E-state index is 13.1. The van der Waals surface area contributed by atoms with Gasteiger partial charge in [0, 0.05) is 30.5 Å². The minimum absolute atomic E-state index is 0.101. The van der Waals surface area contributed by atoms with Crippen molar-refractivity contribution < 1.29 is 4.79 Å². The van der Waals surface area contributed by atoms with Crippen molar-refractivity contribution in [2.45, 2.75) is 38.6 Å². The highest BCUT2D eigenvalue weighted by atomic mass is 16.2. The van der Waals surface area contributed by atoms with Crippen LogP contribution in [0.4, 0.5) is 5.82 Å². The predicted octanol–water partition coefficient (Wildman–Crippen LogP) is 3.65. The molecule has 6 heteroatoms. The van der Waals surface area contributed by atoms with E-state index in [1.807, 2.05) is 31.2 Å². The molecule has 1 heterocycles. The predicted molar refractivity (Wildman–Crippen MR) is 118 cm³/mol. The fourth-order valence-electron chi connectivity index (χ4n) is 3.38. The summed E-state index contributed by atoms with van der Waals surface area (Å²) in [6, 6.07) is 15.9. The number of nitrogens with zero attached hydrogens (tertiary/aromatic N) is 2. The van der Waals surface area contributed by atoms with Crippen LogP contribution in [0.2, 0.25) is 0 Å². The summed E-state index contributed by atoms with van der Waals surface area (Å²) < 4.78 is 1.55. The van der Waals surface area contributed by atoms with Crippen molar-refractivity contribution in [3.05, 3.63) is 88.0 Å². The number of anilines is 1. The summed E-state index contributed by atoms with van der Waals surface area (Å²) in [5.74, 6) is 0.431. The molecule has 2 aromatic carbocycles. The molecule has 1 aliphatic carbocycles. The van der Waals surface area contributed by atoms with E-state index in [4.69, 9.17) is 0 Å². The van der Waals surface area contributed by atoms with E-state index in [1.54, 1.807) is 29.1 Å². The SMILES string of the molecule is Cc1ccc(C(=O)NC2CC2)cc1-n1ccnc(NC[C@H](C)c2ccccc2)c1=O. The second kappa shape index (κ2) is 8.53. The first-order valence-corrected chi connectivity index (χ1v) is 10.3. The quantitative estimate of drug-likeness (QED) is 0.633. The van der Waals surface area contributed by atoms with Crippen molar-refractivity contribution in [2.75, 3.05) is 11.9 Å². The molecule has 0 aliphatic heterocycles. The van der Waals surface area contributed by atoms with Crippen LogP contribution < -0.4 is 16.2 Å². The van der Waals surface area contributed by atoms with Gasteiger partial charge in [-0.3, -0.25) is 14.2 Å². The summed E-state index contributed by atoms with van der Waals surface area (Å²) in [7, 11) is 0. The van der Waals surface area contributed by atoms with E-state index in [-0.39, 0.29) is 23.4 Å². The van der Waals surface area contributed by atoms with Crippen molar-refractivity contribution in [2.24, 2.45) is 0 Å².